The van der Waals surface area contributed by atoms with Crippen LogP contribution in [0, 0.1) is 6.92 Å². The van der Waals surface area contributed by atoms with Crippen molar-refractivity contribution in [1.29, 1.82) is 0 Å². The predicted molar refractivity (Wildman–Crippen MR) is 101 cm³/mol. The van der Waals surface area contributed by atoms with Crippen molar-refractivity contribution in [2.24, 2.45) is 5.84 Å². The Morgan fingerprint density at radius 3 is 2.57 bits per heavy atom. The molecule has 1 aliphatic rings. The van der Waals surface area contributed by atoms with Gasteiger partial charge < -0.3 is 9.47 Å². The summed E-state index contributed by atoms with van der Waals surface area (Å²) in [6.45, 7) is 1.82. The number of ether oxygens (including phenoxy) is 2. The third kappa shape index (κ3) is 3.28. The van der Waals surface area contributed by atoms with Crippen molar-refractivity contribution in [3.8, 4) is 22.6 Å². The van der Waals surface area contributed by atoms with Gasteiger partial charge in [-0.05, 0) is 42.1 Å². The number of rotatable bonds is 3. The highest BCUT2D eigenvalue weighted by Gasteiger charge is 2.43. The maximum Gasteiger partial charge on any atom is 0.586 e. The number of alkyl halides is 2. The van der Waals surface area contributed by atoms with Gasteiger partial charge in [0.05, 0.1) is 9.90 Å². The van der Waals surface area contributed by atoms with E-state index in [0.29, 0.717) is 16.0 Å². The summed E-state index contributed by atoms with van der Waals surface area (Å²) in [6.07, 6.45) is -2.29. The van der Waals surface area contributed by atoms with Gasteiger partial charge in [-0.25, -0.2) is 15.8 Å². The molecule has 2 aromatic heterocycles. The van der Waals surface area contributed by atoms with Gasteiger partial charge in [0.15, 0.2) is 11.5 Å². The van der Waals surface area contributed by atoms with Crippen LogP contribution < -0.4 is 20.3 Å². The lowest BCUT2D eigenvalue weighted by molar-refractivity contribution is -0.286. The summed E-state index contributed by atoms with van der Waals surface area (Å²) in [5.41, 5.74) is 1.78. The minimum absolute atomic E-state index is 0.128. The zero-order chi connectivity index (χ0) is 20.1. The Bertz CT molecular complexity index is 1070. The van der Waals surface area contributed by atoms with Gasteiger partial charge >= 0.3 is 6.29 Å². The van der Waals surface area contributed by atoms with E-state index in [9.17, 15) is 13.6 Å². The number of hydrazine groups is 1. The highest BCUT2D eigenvalue weighted by atomic mass is 35.5. The lowest BCUT2D eigenvalue weighted by Gasteiger charge is -2.15. The van der Waals surface area contributed by atoms with Gasteiger partial charge in [0.2, 0.25) is 0 Å². The number of nitrogens with zero attached hydrogens (tertiary/aromatic N) is 2. The molecule has 0 saturated heterocycles. The fraction of sp³-hybridized carbons (Fsp3) is 0.111. The third-order valence-corrected chi connectivity index (χ3v) is 5.39. The summed E-state index contributed by atoms with van der Waals surface area (Å²) in [5.74, 6) is 5.48. The lowest BCUT2D eigenvalue weighted by Crippen LogP contribution is -2.37. The molecule has 1 amide bonds. The van der Waals surface area contributed by atoms with Crippen molar-refractivity contribution in [3.63, 3.8) is 0 Å². The first-order valence-electron chi connectivity index (χ1n) is 7.94. The van der Waals surface area contributed by atoms with Crippen LogP contribution in [0.2, 0.25) is 5.02 Å². The molecule has 0 saturated carbocycles. The van der Waals surface area contributed by atoms with Crippen LogP contribution in [0.1, 0.15) is 15.2 Å². The molecule has 3 heterocycles. The maximum absolute atomic E-state index is 13.2. The van der Waals surface area contributed by atoms with E-state index in [4.69, 9.17) is 17.4 Å². The van der Waals surface area contributed by atoms with Crippen LogP contribution in [-0.4, -0.2) is 17.2 Å². The molecule has 0 spiro atoms. The number of nitrogens with two attached hydrogens (primary N) is 1. The largest absolute Gasteiger partial charge is 0.586 e. The first kappa shape index (κ1) is 18.6. The normalized spacial score (nSPS) is 14.2. The molecule has 4 rings (SSSR count). The Kier molecular flexibility index (Phi) is 4.45. The Hall–Kier alpha value is -2.75. The zero-order valence-electron chi connectivity index (χ0n) is 14.3. The van der Waals surface area contributed by atoms with E-state index in [2.05, 4.69) is 14.5 Å². The number of hydrogen-bond acceptors (Lipinski definition) is 6. The first-order valence-corrected chi connectivity index (χ1v) is 9.20. The molecule has 0 aliphatic carbocycles. The standard InChI is InChI=1S/C18H12ClF2N3O3S/c1-9-4-5-28-16(9)17(25)24(22)15-3-2-10(8-23-15)11-6-13-14(7-12(11)19)27-18(20,21)26-13/h2-8H,22H2,1H3. The van der Waals surface area contributed by atoms with Gasteiger partial charge in [0, 0.05) is 23.4 Å². The van der Waals surface area contributed by atoms with Crippen molar-refractivity contribution in [3.05, 3.63) is 57.4 Å². The summed E-state index contributed by atoms with van der Waals surface area (Å²) < 4.78 is 35.3. The number of carbonyl (C=O) groups excluding carboxylic acids is 1. The number of hydrogen-bond donors (Lipinski definition) is 1. The van der Waals surface area contributed by atoms with Crippen molar-refractivity contribution in [1.82, 2.24) is 4.98 Å². The number of aryl methyl sites for hydroxylation is 1. The number of halogens is 3. The Morgan fingerprint density at radius 2 is 1.96 bits per heavy atom. The molecule has 3 aromatic rings. The van der Waals surface area contributed by atoms with E-state index in [1.54, 1.807) is 11.4 Å². The number of pyridine rings is 1. The molecule has 1 aromatic carbocycles. The highest BCUT2D eigenvalue weighted by Crippen LogP contribution is 2.46. The van der Waals surface area contributed by atoms with Gasteiger partial charge in [-0.3, -0.25) is 4.79 Å². The summed E-state index contributed by atoms with van der Waals surface area (Å²) in [4.78, 5) is 17.2. The monoisotopic (exact) mass is 423 g/mol. The molecule has 0 fully saturated rings. The van der Waals surface area contributed by atoms with Crippen LogP contribution in [0.4, 0.5) is 14.6 Å². The Morgan fingerprint density at radius 1 is 1.25 bits per heavy atom. The molecule has 0 unspecified atom stereocenters. The molecule has 1 aliphatic heterocycles. The Labute approximate surface area is 167 Å². The van der Waals surface area contributed by atoms with Gasteiger partial charge in [-0.15, -0.1) is 20.1 Å². The summed E-state index contributed by atoms with van der Waals surface area (Å²) >= 11 is 7.47. The van der Waals surface area contributed by atoms with E-state index in [0.717, 1.165) is 10.6 Å². The van der Waals surface area contributed by atoms with Crippen LogP contribution in [0.5, 0.6) is 11.5 Å². The number of thiophene rings is 1. The van der Waals surface area contributed by atoms with Gasteiger partial charge in [0.1, 0.15) is 5.82 Å². The number of anilines is 1. The van der Waals surface area contributed by atoms with Crippen LogP contribution >= 0.6 is 22.9 Å². The molecular weight excluding hydrogens is 412 g/mol. The smallest absolute Gasteiger partial charge is 0.395 e. The van der Waals surface area contributed by atoms with E-state index >= 15 is 0 Å². The predicted octanol–water partition coefficient (Wildman–Crippen LogP) is 4.61. The van der Waals surface area contributed by atoms with Gasteiger partial charge in [0.25, 0.3) is 5.91 Å². The molecular formula is C18H12ClF2N3O3S. The second-order valence-electron chi connectivity index (χ2n) is 5.96. The summed E-state index contributed by atoms with van der Waals surface area (Å²) in [6, 6.07) is 7.58. The maximum atomic E-state index is 13.2. The van der Waals surface area contributed by atoms with Crippen LogP contribution in [0.3, 0.4) is 0 Å². The molecule has 0 bridgehead atoms. The number of carbonyl (C=O) groups is 1. The average Bonchev–Trinajstić information content (AvgIpc) is 3.20. The number of fused-ring (bicyclic) bond motifs is 1. The van der Waals surface area contributed by atoms with E-state index in [-0.39, 0.29) is 28.2 Å². The molecule has 2 N–H and O–H groups in total. The van der Waals surface area contributed by atoms with Crippen LogP contribution in [0.25, 0.3) is 11.1 Å². The quantitative estimate of drug-likeness (QED) is 0.378. The van der Waals surface area contributed by atoms with Crippen molar-refractivity contribution in [2.75, 3.05) is 5.01 Å². The summed E-state index contributed by atoms with van der Waals surface area (Å²) in [5, 5.41) is 2.94. The van der Waals surface area contributed by atoms with E-state index < -0.39 is 6.29 Å². The minimum Gasteiger partial charge on any atom is -0.395 e. The van der Waals surface area contributed by atoms with Crippen molar-refractivity contribution < 1.29 is 23.0 Å². The van der Waals surface area contributed by atoms with Crippen LogP contribution in [0.15, 0.2) is 41.9 Å². The molecule has 10 heteroatoms. The lowest BCUT2D eigenvalue weighted by atomic mass is 10.1. The fourth-order valence-electron chi connectivity index (χ4n) is 2.69. The molecule has 0 radical (unpaired) electrons. The zero-order valence-corrected chi connectivity index (χ0v) is 15.9. The third-order valence-electron chi connectivity index (χ3n) is 4.07. The fourth-order valence-corrected chi connectivity index (χ4v) is 3.81. The molecule has 144 valence electrons. The first-order chi connectivity index (χ1) is 13.2. The number of aromatic nitrogens is 1. The van der Waals surface area contributed by atoms with Gasteiger partial charge in [-0.2, -0.15) is 0 Å². The summed E-state index contributed by atoms with van der Waals surface area (Å²) in [7, 11) is 0. The second kappa shape index (κ2) is 6.69. The van der Waals surface area contributed by atoms with Crippen molar-refractivity contribution in [2.45, 2.75) is 13.2 Å². The number of benzene rings is 1. The molecule has 6 nitrogen and oxygen atoms in total. The van der Waals surface area contributed by atoms with Gasteiger partial charge in [-0.1, -0.05) is 11.6 Å². The Balaban J connectivity index is 1.61. The minimum atomic E-state index is -3.73. The highest BCUT2D eigenvalue weighted by molar-refractivity contribution is 7.12. The van der Waals surface area contributed by atoms with Crippen LogP contribution in [-0.2, 0) is 0 Å². The van der Waals surface area contributed by atoms with E-state index in [1.165, 1.54) is 35.7 Å². The van der Waals surface area contributed by atoms with E-state index in [1.807, 2.05) is 13.0 Å². The second-order valence-corrected chi connectivity index (χ2v) is 7.28. The topological polar surface area (TPSA) is 77.7 Å². The molecule has 28 heavy (non-hydrogen) atoms. The SMILES string of the molecule is Cc1ccsc1C(=O)N(N)c1ccc(-c2cc3c(cc2Cl)OC(F)(F)O3)cn1. The number of amides is 1. The molecule has 0 atom stereocenters. The average molecular weight is 424 g/mol. The van der Waals surface area contributed by atoms with Crippen molar-refractivity contribution >= 4 is 34.7 Å².